The monoisotopic (exact) mass is 502 g/mol. The summed E-state index contributed by atoms with van der Waals surface area (Å²) >= 11 is 0. The second-order valence-corrected chi connectivity index (χ2v) is 8.81. The molecule has 1 saturated heterocycles. The van der Waals surface area contributed by atoms with E-state index in [1.807, 2.05) is 7.05 Å². The molecule has 1 aliphatic heterocycles. The summed E-state index contributed by atoms with van der Waals surface area (Å²) in [5.41, 5.74) is 2.67. The highest BCUT2D eigenvalue weighted by molar-refractivity contribution is 14.0. The van der Waals surface area contributed by atoms with E-state index in [9.17, 15) is 0 Å². The van der Waals surface area contributed by atoms with Gasteiger partial charge in [-0.15, -0.1) is 24.0 Å². The van der Waals surface area contributed by atoms with Gasteiger partial charge in [-0.05, 0) is 71.4 Å². The van der Waals surface area contributed by atoms with Crippen molar-refractivity contribution >= 4 is 29.9 Å². The van der Waals surface area contributed by atoms with Crippen LogP contribution in [0.2, 0.25) is 0 Å². The van der Waals surface area contributed by atoms with Gasteiger partial charge in [0.15, 0.2) is 5.96 Å². The summed E-state index contributed by atoms with van der Waals surface area (Å²) in [5.74, 6) is 1.65. The Labute approximate surface area is 187 Å². The molecule has 1 aromatic heterocycles. The molecule has 1 fully saturated rings. The van der Waals surface area contributed by atoms with E-state index in [4.69, 9.17) is 5.10 Å². The lowest BCUT2D eigenvalue weighted by Gasteiger charge is -2.35. The molecule has 7 heteroatoms. The highest BCUT2D eigenvalue weighted by Gasteiger charge is 2.24. The van der Waals surface area contributed by atoms with E-state index < -0.39 is 0 Å². The number of hydrogen-bond donors (Lipinski definition) is 2. The fourth-order valence-corrected chi connectivity index (χ4v) is 4.26. The van der Waals surface area contributed by atoms with Crippen molar-refractivity contribution in [2.45, 2.75) is 77.9 Å². The number of halogens is 1. The zero-order valence-electron chi connectivity index (χ0n) is 18.2. The van der Waals surface area contributed by atoms with Crippen LogP contribution in [-0.4, -0.2) is 59.4 Å². The lowest BCUT2D eigenvalue weighted by molar-refractivity contribution is 0.141. The van der Waals surface area contributed by atoms with E-state index >= 15 is 0 Å². The average Bonchev–Trinajstić information content (AvgIpc) is 3.09. The number of fused-ring (bicyclic) bond motifs is 1. The van der Waals surface area contributed by atoms with Crippen LogP contribution in [0.1, 0.15) is 64.3 Å². The number of aromatic nitrogens is 2. The van der Waals surface area contributed by atoms with E-state index in [-0.39, 0.29) is 24.0 Å². The van der Waals surface area contributed by atoms with Crippen molar-refractivity contribution in [2.75, 3.05) is 26.7 Å². The normalized spacial score (nSPS) is 23.5. The van der Waals surface area contributed by atoms with Crippen LogP contribution in [-0.2, 0) is 12.8 Å². The summed E-state index contributed by atoms with van der Waals surface area (Å²) in [7, 11) is 1.87. The van der Waals surface area contributed by atoms with Gasteiger partial charge in [-0.3, -0.25) is 9.67 Å². The maximum absolute atomic E-state index is 4.79. The van der Waals surface area contributed by atoms with Crippen molar-refractivity contribution in [1.82, 2.24) is 25.3 Å². The molecule has 0 bridgehead atoms. The molecule has 0 aromatic carbocycles. The number of nitrogens with zero attached hydrogens (tertiary/aromatic N) is 4. The topological polar surface area (TPSA) is 57.5 Å². The first-order chi connectivity index (χ1) is 13.0. The first-order valence-corrected chi connectivity index (χ1v) is 10.7. The van der Waals surface area contributed by atoms with Gasteiger partial charge in [0.1, 0.15) is 0 Å². The van der Waals surface area contributed by atoms with Crippen LogP contribution < -0.4 is 10.6 Å². The van der Waals surface area contributed by atoms with Crippen molar-refractivity contribution in [3.05, 3.63) is 17.5 Å². The van der Waals surface area contributed by atoms with Crippen molar-refractivity contribution in [3.63, 3.8) is 0 Å². The van der Waals surface area contributed by atoms with Crippen LogP contribution in [0, 0.1) is 5.92 Å². The predicted octanol–water partition coefficient (Wildman–Crippen LogP) is 3.22. The summed E-state index contributed by atoms with van der Waals surface area (Å²) < 4.78 is 2.10. The van der Waals surface area contributed by atoms with Crippen molar-refractivity contribution in [1.29, 1.82) is 0 Å². The molecule has 2 heterocycles. The number of hydrogen-bond acceptors (Lipinski definition) is 3. The minimum absolute atomic E-state index is 0. The third-order valence-corrected chi connectivity index (χ3v) is 6.03. The van der Waals surface area contributed by atoms with Crippen molar-refractivity contribution in [2.24, 2.45) is 10.9 Å². The molecule has 0 saturated carbocycles. The van der Waals surface area contributed by atoms with Crippen molar-refractivity contribution in [3.8, 4) is 0 Å². The highest BCUT2D eigenvalue weighted by Crippen LogP contribution is 2.22. The third-order valence-electron chi connectivity index (χ3n) is 6.03. The molecule has 1 aliphatic carbocycles. The number of likely N-dealkylation sites (tertiary alicyclic amines) is 1. The first-order valence-electron chi connectivity index (χ1n) is 10.7. The number of nitrogens with one attached hydrogen (secondary N) is 2. The zero-order chi connectivity index (χ0) is 19.4. The molecule has 2 aliphatic rings. The molecule has 160 valence electrons. The molecule has 3 rings (SSSR count). The summed E-state index contributed by atoms with van der Waals surface area (Å²) in [6, 6.07) is 1.49. The Kier molecular flexibility index (Phi) is 9.05. The molecule has 0 radical (unpaired) electrons. The van der Waals surface area contributed by atoms with Gasteiger partial charge in [0.2, 0.25) is 0 Å². The van der Waals surface area contributed by atoms with Gasteiger partial charge in [-0.2, -0.15) is 5.10 Å². The molecule has 1 aromatic rings. The smallest absolute Gasteiger partial charge is 0.191 e. The molecule has 6 nitrogen and oxygen atoms in total. The van der Waals surface area contributed by atoms with Gasteiger partial charge in [0.05, 0.1) is 5.69 Å². The predicted molar refractivity (Wildman–Crippen MR) is 128 cm³/mol. The second kappa shape index (κ2) is 10.8. The Hall–Kier alpha value is -0.830. The molecule has 2 atom stereocenters. The van der Waals surface area contributed by atoms with Gasteiger partial charge >= 0.3 is 0 Å². The standard InChI is InChI=1S/C21H38N6.HI/c1-15(2)26-10-6-7-17(13-26)12-23-21(22-5)24-19-9-8-18-14-27(16(3)4)25-20(18)11-19;/h14-17,19H,6-13H2,1-5H3,(H2,22,23,24);1H. The fraction of sp³-hybridized carbons (Fsp3) is 0.810. The van der Waals surface area contributed by atoms with Crippen LogP contribution in [0.4, 0.5) is 0 Å². The number of aliphatic imine (C=N–C) groups is 1. The molecular weight excluding hydrogens is 463 g/mol. The summed E-state index contributed by atoms with van der Waals surface area (Å²) in [6.07, 6.45) is 8.07. The molecule has 0 amide bonds. The number of rotatable bonds is 5. The maximum Gasteiger partial charge on any atom is 0.191 e. The highest BCUT2D eigenvalue weighted by atomic mass is 127. The van der Waals surface area contributed by atoms with Crippen LogP contribution in [0.15, 0.2) is 11.2 Å². The minimum atomic E-state index is 0. The van der Waals surface area contributed by atoms with E-state index in [1.54, 1.807) is 0 Å². The second-order valence-electron chi connectivity index (χ2n) is 8.81. The molecular formula is C21H39IN6. The van der Waals surface area contributed by atoms with Gasteiger partial charge in [0.25, 0.3) is 0 Å². The van der Waals surface area contributed by atoms with E-state index in [1.165, 1.54) is 37.2 Å². The molecule has 0 spiro atoms. The number of guanidine groups is 1. The third kappa shape index (κ3) is 6.08. The average molecular weight is 502 g/mol. The van der Waals surface area contributed by atoms with E-state index in [0.29, 0.717) is 24.0 Å². The molecule has 2 unspecified atom stereocenters. The van der Waals surface area contributed by atoms with Crippen LogP contribution in [0.5, 0.6) is 0 Å². The summed E-state index contributed by atoms with van der Waals surface area (Å²) in [6.45, 7) is 12.4. The Morgan fingerprint density at radius 2 is 2.04 bits per heavy atom. The van der Waals surface area contributed by atoms with Gasteiger partial charge < -0.3 is 15.5 Å². The van der Waals surface area contributed by atoms with Crippen LogP contribution in [0.25, 0.3) is 0 Å². The van der Waals surface area contributed by atoms with E-state index in [0.717, 1.165) is 31.8 Å². The van der Waals surface area contributed by atoms with Gasteiger partial charge in [-0.1, -0.05) is 0 Å². The van der Waals surface area contributed by atoms with Crippen LogP contribution >= 0.6 is 24.0 Å². The lowest BCUT2D eigenvalue weighted by atomic mass is 9.94. The van der Waals surface area contributed by atoms with Crippen molar-refractivity contribution < 1.29 is 0 Å². The van der Waals surface area contributed by atoms with Gasteiger partial charge in [-0.25, -0.2) is 0 Å². The summed E-state index contributed by atoms with van der Waals surface area (Å²) in [4.78, 5) is 7.06. The van der Waals surface area contributed by atoms with Crippen LogP contribution in [0.3, 0.4) is 0 Å². The Balaban J connectivity index is 0.00000280. The van der Waals surface area contributed by atoms with Gasteiger partial charge in [0, 0.05) is 50.9 Å². The lowest BCUT2D eigenvalue weighted by Crippen LogP contribution is -2.49. The quantitative estimate of drug-likeness (QED) is 0.369. The zero-order valence-corrected chi connectivity index (χ0v) is 20.6. The largest absolute Gasteiger partial charge is 0.356 e. The molecule has 2 N–H and O–H groups in total. The Morgan fingerprint density at radius 1 is 1.25 bits per heavy atom. The number of piperidine rings is 1. The summed E-state index contributed by atoms with van der Waals surface area (Å²) in [5, 5.41) is 12.0. The Morgan fingerprint density at radius 3 is 2.71 bits per heavy atom. The van der Waals surface area contributed by atoms with E-state index in [2.05, 4.69) is 59.1 Å². The minimum Gasteiger partial charge on any atom is -0.356 e. The fourth-order valence-electron chi connectivity index (χ4n) is 4.26. The Bertz CT molecular complexity index is 639. The maximum atomic E-state index is 4.79. The SMILES string of the molecule is CN=C(NCC1CCCN(C(C)C)C1)NC1CCc2cn(C(C)C)nc2C1.I. The first kappa shape index (κ1) is 23.4. The number of aryl methyl sites for hydroxylation is 1. The molecule has 28 heavy (non-hydrogen) atoms.